The van der Waals surface area contributed by atoms with Crippen LogP contribution in [-0.4, -0.2) is 39.5 Å². The Morgan fingerprint density at radius 1 is 1.42 bits per heavy atom. The lowest BCUT2D eigenvalue weighted by molar-refractivity contribution is -0.148. The quantitative estimate of drug-likeness (QED) is 0.645. The lowest BCUT2D eigenvalue weighted by Crippen LogP contribution is -2.26. The highest BCUT2D eigenvalue weighted by Crippen LogP contribution is 2.25. The average Bonchev–Trinajstić information content (AvgIpc) is 2.43. The molecule has 5 nitrogen and oxygen atoms in total. The van der Waals surface area contributed by atoms with Crippen LogP contribution < -0.4 is 0 Å². The number of benzene rings is 1. The van der Waals surface area contributed by atoms with Gasteiger partial charge in [-0.05, 0) is 13.0 Å². The van der Waals surface area contributed by atoms with Crippen LogP contribution in [-0.2, 0) is 9.53 Å². The maximum Gasteiger partial charge on any atom is 0.333 e. The van der Waals surface area contributed by atoms with E-state index in [0.29, 0.717) is 12.4 Å². The number of thioether (sulfide) groups is 1. The van der Waals surface area contributed by atoms with E-state index in [-0.39, 0.29) is 0 Å². The molecule has 0 fully saturated rings. The van der Waals surface area contributed by atoms with Crippen LogP contribution in [0, 0.1) is 0 Å². The van der Waals surface area contributed by atoms with E-state index in [9.17, 15) is 4.79 Å². The topological polar surface area (TPSA) is 72.3 Å². The van der Waals surface area contributed by atoms with Crippen LogP contribution in [0.3, 0.4) is 0 Å². The smallest absolute Gasteiger partial charge is 0.333 e. The fraction of sp³-hybridized carbons (Fsp3) is 0.308. The van der Waals surface area contributed by atoms with Crippen molar-refractivity contribution in [2.45, 2.75) is 18.1 Å². The van der Waals surface area contributed by atoms with Gasteiger partial charge in [-0.1, -0.05) is 18.2 Å². The van der Waals surface area contributed by atoms with Gasteiger partial charge >= 0.3 is 5.97 Å². The summed E-state index contributed by atoms with van der Waals surface area (Å²) in [5.41, 5.74) is 0.850. The van der Waals surface area contributed by atoms with E-state index in [4.69, 9.17) is 9.84 Å². The lowest BCUT2D eigenvalue weighted by atomic mass is 10.2. The third-order valence-corrected chi connectivity index (χ3v) is 3.59. The molecular weight excluding hydrogens is 264 g/mol. The summed E-state index contributed by atoms with van der Waals surface area (Å²) in [5, 5.41) is 10.7. The van der Waals surface area contributed by atoms with Crippen LogP contribution in [0.1, 0.15) is 6.92 Å². The van der Waals surface area contributed by atoms with Crippen molar-refractivity contribution in [3.63, 3.8) is 0 Å². The minimum absolute atomic E-state index is 0.324. The Hall–Kier alpha value is -1.66. The maximum atomic E-state index is 11.0. The van der Waals surface area contributed by atoms with Crippen LogP contribution in [0.2, 0.25) is 0 Å². The van der Waals surface area contributed by atoms with E-state index in [1.165, 1.54) is 18.1 Å². The molecule has 1 unspecified atom stereocenters. The number of carbonyl (C=O) groups is 1. The Bertz CT molecular complexity index is 571. The van der Waals surface area contributed by atoms with Crippen molar-refractivity contribution in [3.05, 3.63) is 30.6 Å². The number of hydrogen-bond acceptors (Lipinski definition) is 5. The first-order chi connectivity index (χ1) is 9.22. The molecule has 2 rings (SSSR count). The molecule has 6 heteroatoms. The molecule has 0 saturated carbocycles. The molecule has 1 aromatic heterocycles. The Morgan fingerprint density at radius 2 is 2.21 bits per heavy atom. The van der Waals surface area contributed by atoms with Crippen LogP contribution in [0.4, 0.5) is 0 Å². The maximum absolute atomic E-state index is 11.0. The summed E-state index contributed by atoms with van der Waals surface area (Å²) in [6.45, 7) is 2.16. The zero-order valence-electron chi connectivity index (χ0n) is 10.4. The molecule has 2 aromatic rings. The van der Waals surface area contributed by atoms with E-state index in [1.54, 1.807) is 6.92 Å². The van der Waals surface area contributed by atoms with E-state index >= 15 is 0 Å². The largest absolute Gasteiger partial charge is 0.479 e. The Labute approximate surface area is 115 Å². The lowest BCUT2D eigenvalue weighted by Gasteiger charge is -2.12. The fourth-order valence-electron chi connectivity index (χ4n) is 1.64. The summed E-state index contributed by atoms with van der Waals surface area (Å²) in [5.74, 6) is -0.628. The predicted octanol–water partition coefficient (Wildman–Crippen LogP) is 2.21. The number of aliphatic carboxylic acids is 1. The summed E-state index contributed by atoms with van der Waals surface area (Å²) in [4.78, 5) is 19.4. The van der Waals surface area contributed by atoms with Gasteiger partial charge in [0.15, 0.2) is 6.10 Å². The molecule has 0 aliphatic heterocycles. The molecule has 1 heterocycles. The van der Waals surface area contributed by atoms with Crippen molar-refractivity contribution >= 4 is 28.6 Å². The monoisotopic (exact) mass is 278 g/mol. The number of para-hydroxylation sites is 1. The summed E-state index contributed by atoms with van der Waals surface area (Å²) < 4.78 is 5.17. The molecular formula is C13H14N2O3S. The summed E-state index contributed by atoms with van der Waals surface area (Å²) in [7, 11) is 0. The Morgan fingerprint density at radius 3 is 2.95 bits per heavy atom. The molecule has 0 amide bonds. The number of nitrogens with zero attached hydrogens (tertiary/aromatic N) is 2. The molecule has 1 aromatic carbocycles. The first-order valence-electron chi connectivity index (χ1n) is 5.89. The van der Waals surface area contributed by atoms with Crippen molar-refractivity contribution in [1.82, 2.24) is 9.97 Å². The molecule has 0 radical (unpaired) electrons. The number of rotatable bonds is 6. The van der Waals surface area contributed by atoms with Crippen LogP contribution in [0.5, 0.6) is 0 Å². The average molecular weight is 278 g/mol. The molecule has 0 saturated heterocycles. The van der Waals surface area contributed by atoms with Crippen molar-refractivity contribution in [3.8, 4) is 0 Å². The van der Waals surface area contributed by atoms with Gasteiger partial charge in [0.25, 0.3) is 0 Å². The highest BCUT2D eigenvalue weighted by molar-refractivity contribution is 7.99. The number of carboxylic acids is 1. The van der Waals surface area contributed by atoms with Crippen molar-refractivity contribution < 1.29 is 14.6 Å². The number of aromatic nitrogens is 2. The first-order valence-corrected chi connectivity index (χ1v) is 6.88. The Balaban J connectivity index is 2.15. The summed E-state index contributed by atoms with van der Waals surface area (Å²) in [6.07, 6.45) is 0.671. The van der Waals surface area contributed by atoms with Crippen molar-refractivity contribution in [2.24, 2.45) is 0 Å². The zero-order chi connectivity index (χ0) is 13.7. The molecule has 0 bridgehead atoms. The van der Waals surface area contributed by atoms with E-state index in [2.05, 4.69) is 9.97 Å². The normalized spacial score (nSPS) is 12.5. The second kappa shape index (κ2) is 6.49. The first kappa shape index (κ1) is 13.8. The minimum atomic E-state index is -0.951. The standard InChI is InChI=1S/C13H14N2O3S/c1-2-18-11(13(16)17)7-19-12-9-5-3-4-6-10(9)14-8-15-12/h3-6,8,11H,2,7H2,1H3,(H,16,17). The number of carboxylic acid groups (broad SMARTS) is 1. The summed E-state index contributed by atoms with van der Waals surface area (Å²) in [6, 6.07) is 7.64. The Kier molecular flexibility index (Phi) is 4.70. The predicted molar refractivity (Wildman–Crippen MR) is 73.3 cm³/mol. The van der Waals surface area contributed by atoms with Crippen LogP contribution >= 0.6 is 11.8 Å². The van der Waals surface area contributed by atoms with Crippen LogP contribution in [0.25, 0.3) is 10.9 Å². The van der Waals surface area contributed by atoms with Crippen molar-refractivity contribution in [2.75, 3.05) is 12.4 Å². The van der Waals surface area contributed by atoms with E-state index in [0.717, 1.165) is 15.9 Å². The van der Waals surface area contributed by atoms with Gasteiger partial charge in [-0.25, -0.2) is 14.8 Å². The third-order valence-electron chi connectivity index (χ3n) is 2.52. The zero-order valence-corrected chi connectivity index (χ0v) is 11.3. The van der Waals surface area contributed by atoms with Crippen LogP contribution in [0.15, 0.2) is 35.6 Å². The van der Waals surface area contributed by atoms with Gasteiger partial charge in [-0.3, -0.25) is 0 Å². The van der Waals surface area contributed by atoms with Gasteiger partial charge in [0, 0.05) is 17.7 Å². The molecule has 0 spiro atoms. The van der Waals surface area contributed by atoms with Gasteiger partial charge in [0.05, 0.1) is 5.52 Å². The van der Waals surface area contributed by atoms with Gasteiger partial charge < -0.3 is 9.84 Å². The van der Waals surface area contributed by atoms with Gasteiger partial charge in [-0.15, -0.1) is 11.8 Å². The fourth-order valence-corrected chi connectivity index (χ4v) is 2.64. The highest BCUT2D eigenvalue weighted by Gasteiger charge is 2.18. The third kappa shape index (κ3) is 3.42. The van der Waals surface area contributed by atoms with Gasteiger partial charge in [-0.2, -0.15) is 0 Å². The number of fused-ring (bicyclic) bond motifs is 1. The number of ether oxygens (including phenoxy) is 1. The second-order valence-corrected chi connectivity index (χ2v) is 4.80. The molecule has 1 atom stereocenters. The van der Waals surface area contributed by atoms with Crippen molar-refractivity contribution in [1.29, 1.82) is 0 Å². The minimum Gasteiger partial charge on any atom is -0.479 e. The molecule has 0 aliphatic rings. The molecule has 100 valence electrons. The highest BCUT2D eigenvalue weighted by atomic mass is 32.2. The summed E-state index contributed by atoms with van der Waals surface area (Å²) >= 11 is 1.37. The SMILES string of the molecule is CCOC(CSc1ncnc2ccccc12)C(=O)O. The number of hydrogen-bond donors (Lipinski definition) is 1. The molecule has 0 aliphatic carbocycles. The van der Waals surface area contributed by atoms with Gasteiger partial charge in [0.2, 0.25) is 0 Å². The van der Waals surface area contributed by atoms with E-state index in [1.807, 2.05) is 24.3 Å². The van der Waals surface area contributed by atoms with E-state index < -0.39 is 12.1 Å². The molecule has 1 N–H and O–H groups in total. The molecule has 19 heavy (non-hydrogen) atoms. The second-order valence-electron chi connectivity index (χ2n) is 3.79. The van der Waals surface area contributed by atoms with Gasteiger partial charge in [0.1, 0.15) is 11.4 Å².